The maximum atomic E-state index is 9.91. The molecule has 4 nitrogen and oxygen atoms in total. The van der Waals surface area contributed by atoms with Gasteiger partial charge in [-0.05, 0) is 18.6 Å². The van der Waals surface area contributed by atoms with E-state index in [0.717, 1.165) is 0 Å². The number of hydrogen-bond acceptors (Lipinski definition) is 4. The predicted octanol–water partition coefficient (Wildman–Crippen LogP) is 2.27. The van der Waals surface area contributed by atoms with Crippen LogP contribution in [0.2, 0.25) is 0 Å². The van der Waals surface area contributed by atoms with E-state index in [0.29, 0.717) is 23.3 Å². The number of ether oxygens (including phenoxy) is 1. The van der Waals surface area contributed by atoms with Gasteiger partial charge in [-0.25, -0.2) is 0 Å². The molecule has 0 saturated carbocycles. The second-order valence-corrected chi connectivity index (χ2v) is 3.32. The summed E-state index contributed by atoms with van der Waals surface area (Å²) in [6.07, 6.45) is 2.13. The maximum Gasteiger partial charge on any atom is 0.163 e. The highest BCUT2D eigenvalue weighted by Crippen LogP contribution is 2.36. The number of aromatic hydroxyl groups is 1. The van der Waals surface area contributed by atoms with Crippen LogP contribution in [0.4, 0.5) is 0 Å². The molecule has 1 aromatic rings. The molecule has 0 aliphatic carbocycles. The number of methoxy groups -OCH3 is 1. The molecule has 92 valence electrons. The van der Waals surface area contributed by atoms with Crippen molar-refractivity contribution >= 4 is 12.4 Å². The topological polar surface area (TPSA) is 79.3 Å². The van der Waals surface area contributed by atoms with Gasteiger partial charge in [0.25, 0.3) is 0 Å². The number of rotatable bonds is 4. The van der Waals surface area contributed by atoms with Crippen molar-refractivity contribution in [1.82, 2.24) is 0 Å². The van der Waals surface area contributed by atoms with Crippen molar-refractivity contribution in [1.29, 1.82) is 5.26 Å². The Labute approximate surface area is 107 Å². The molecule has 0 unspecified atom stereocenters. The molecule has 0 amide bonds. The third kappa shape index (κ3) is 3.13. The lowest BCUT2D eigenvalue weighted by atomic mass is 9.97. The van der Waals surface area contributed by atoms with Crippen LogP contribution in [0.1, 0.15) is 23.6 Å². The lowest BCUT2D eigenvalue weighted by Gasteiger charge is -2.15. The molecule has 1 atom stereocenters. The summed E-state index contributed by atoms with van der Waals surface area (Å²) in [5.74, 6) is 0.240. The fourth-order valence-corrected chi connectivity index (χ4v) is 1.52. The van der Waals surface area contributed by atoms with Crippen molar-refractivity contribution in [2.45, 2.75) is 12.5 Å². The molecule has 0 fully saturated rings. The number of phenolic OH excluding ortho intramolecular Hbond substituents is 1. The predicted molar refractivity (Wildman–Crippen MR) is 68.4 cm³/mol. The molecule has 0 radical (unpaired) electrons. The Morgan fingerprint density at radius 3 is 2.76 bits per heavy atom. The zero-order valence-corrected chi connectivity index (χ0v) is 10.3. The number of benzene rings is 1. The fourth-order valence-electron chi connectivity index (χ4n) is 1.52. The van der Waals surface area contributed by atoms with Crippen LogP contribution in [-0.2, 0) is 0 Å². The Kier molecular flexibility index (Phi) is 6.11. The largest absolute Gasteiger partial charge is 0.504 e. The molecule has 5 heteroatoms. The van der Waals surface area contributed by atoms with Crippen LogP contribution in [0.15, 0.2) is 24.8 Å². The summed E-state index contributed by atoms with van der Waals surface area (Å²) in [5.41, 5.74) is 6.63. The molecule has 0 spiro atoms. The second kappa shape index (κ2) is 6.79. The van der Waals surface area contributed by atoms with Crippen LogP contribution in [0, 0.1) is 11.3 Å². The van der Waals surface area contributed by atoms with Crippen LogP contribution >= 0.6 is 12.4 Å². The third-order valence-electron chi connectivity index (χ3n) is 2.31. The third-order valence-corrected chi connectivity index (χ3v) is 2.31. The van der Waals surface area contributed by atoms with E-state index in [1.807, 2.05) is 6.07 Å². The first kappa shape index (κ1) is 15.3. The van der Waals surface area contributed by atoms with Gasteiger partial charge in [0, 0.05) is 11.6 Å². The van der Waals surface area contributed by atoms with Gasteiger partial charge in [-0.2, -0.15) is 5.26 Å². The molecule has 0 aliphatic rings. The molecule has 0 saturated heterocycles. The minimum atomic E-state index is -0.456. The van der Waals surface area contributed by atoms with Crippen LogP contribution in [0.25, 0.3) is 0 Å². The standard InChI is InChI=1S/C12H14N2O2.ClH/c1-3-4-9(14)11-8(7-13)5-6-10(16-2)12(11)15;/h3,5-6,9,15H,1,4,14H2,2H3;1H/t9-;/m0./s1. The summed E-state index contributed by atoms with van der Waals surface area (Å²) in [4.78, 5) is 0. The fraction of sp³-hybridized carbons (Fsp3) is 0.250. The first-order chi connectivity index (χ1) is 7.65. The summed E-state index contributed by atoms with van der Waals surface area (Å²) in [6, 6.07) is 4.66. The van der Waals surface area contributed by atoms with E-state index in [1.54, 1.807) is 12.1 Å². The Hall–Kier alpha value is -1.70. The van der Waals surface area contributed by atoms with Crippen molar-refractivity contribution < 1.29 is 9.84 Å². The maximum absolute atomic E-state index is 9.91. The first-order valence-electron chi connectivity index (χ1n) is 4.82. The van der Waals surface area contributed by atoms with Crippen LogP contribution in [0.5, 0.6) is 11.5 Å². The molecule has 17 heavy (non-hydrogen) atoms. The highest BCUT2D eigenvalue weighted by molar-refractivity contribution is 5.85. The van der Waals surface area contributed by atoms with Gasteiger partial charge in [-0.1, -0.05) is 6.08 Å². The van der Waals surface area contributed by atoms with E-state index in [2.05, 4.69) is 6.58 Å². The second-order valence-electron chi connectivity index (χ2n) is 3.32. The number of nitrogens with zero attached hydrogens (tertiary/aromatic N) is 1. The van der Waals surface area contributed by atoms with Gasteiger partial charge in [0.15, 0.2) is 11.5 Å². The molecular formula is C12H15ClN2O2. The van der Waals surface area contributed by atoms with E-state index in [4.69, 9.17) is 15.7 Å². The smallest absolute Gasteiger partial charge is 0.163 e. The Morgan fingerprint density at radius 2 is 2.29 bits per heavy atom. The minimum Gasteiger partial charge on any atom is -0.504 e. The Bertz CT molecular complexity index is 441. The van der Waals surface area contributed by atoms with Crippen LogP contribution < -0.4 is 10.5 Å². The number of halogens is 1. The SMILES string of the molecule is C=CC[C@H](N)c1c(C#N)ccc(OC)c1O.Cl. The lowest BCUT2D eigenvalue weighted by molar-refractivity contribution is 0.368. The average molecular weight is 255 g/mol. The summed E-state index contributed by atoms with van der Waals surface area (Å²) >= 11 is 0. The molecule has 1 rings (SSSR count). The molecular weight excluding hydrogens is 240 g/mol. The average Bonchev–Trinajstić information content (AvgIpc) is 2.28. The van der Waals surface area contributed by atoms with E-state index >= 15 is 0 Å². The zero-order valence-electron chi connectivity index (χ0n) is 9.51. The minimum absolute atomic E-state index is 0. The Balaban J connectivity index is 0.00000256. The molecule has 0 aliphatic heterocycles. The van der Waals surface area contributed by atoms with Gasteiger partial charge < -0.3 is 15.6 Å². The highest BCUT2D eigenvalue weighted by Gasteiger charge is 2.18. The number of hydrogen-bond donors (Lipinski definition) is 2. The summed E-state index contributed by atoms with van der Waals surface area (Å²) in [7, 11) is 1.45. The number of nitriles is 1. The van der Waals surface area contributed by atoms with E-state index in [1.165, 1.54) is 13.2 Å². The first-order valence-corrected chi connectivity index (χ1v) is 4.82. The zero-order chi connectivity index (χ0) is 12.1. The number of phenols is 1. The highest BCUT2D eigenvalue weighted by atomic mass is 35.5. The molecule has 3 N–H and O–H groups in total. The number of nitrogens with two attached hydrogens (primary N) is 1. The van der Waals surface area contributed by atoms with Crippen molar-refractivity contribution in [3.05, 3.63) is 35.9 Å². The van der Waals surface area contributed by atoms with E-state index in [-0.39, 0.29) is 18.2 Å². The van der Waals surface area contributed by atoms with Gasteiger partial charge in [0.2, 0.25) is 0 Å². The van der Waals surface area contributed by atoms with E-state index in [9.17, 15) is 5.11 Å². The van der Waals surface area contributed by atoms with Gasteiger partial charge in [0.05, 0.1) is 18.7 Å². The van der Waals surface area contributed by atoms with E-state index < -0.39 is 6.04 Å². The quantitative estimate of drug-likeness (QED) is 0.808. The normalized spacial score (nSPS) is 10.9. The van der Waals surface area contributed by atoms with Gasteiger partial charge in [0.1, 0.15) is 0 Å². The molecule has 0 heterocycles. The van der Waals surface area contributed by atoms with Gasteiger partial charge >= 0.3 is 0 Å². The van der Waals surface area contributed by atoms with Crippen molar-refractivity contribution in [2.75, 3.05) is 7.11 Å². The molecule has 1 aromatic carbocycles. The molecule has 0 bridgehead atoms. The van der Waals surface area contributed by atoms with Gasteiger partial charge in [-0.15, -0.1) is 19.0 Å². The van der Waals surface area contributed by atoms with Crippen molar-refractivity contribution in [3.63, 3.8) is 0 Å². The van der Waals surface area contributed by atoms with Crippen molar-refractivity contribution in [2.24, 2.45) is 5.73 Å². The lowest BCUT2D eigenvalue weighted by Crippen LogP contribution is -2.11. The monoisotopic (exact) mass is 254 g/mol. The van der Waals surface area contributed by atoms with Crippen LogP contribution in [-0.4, -0.2) is 12.2 Å². The van der Waals surface area contributed by atoms with Crippen molar-refractivity contribution in [3.8, 4) is 17.6 Å². The van der Waals surface area contributed by atoms with Crippen LogP contribution in [0.3, 0.4) is 0 Å². The summed E-state index contributed by atoms with van der Waals surface area (Å²) in [6.45, 7) is 3.58. The Morgan fingerprint density at radius 1 is 1.65 bits per heavy atom. The summed E-state index contributed by atoms with van der Waals surface area (Å²) < 4.78 is 4.97. The van der Waals surface area contributed by atoms with Gasteiger partial charge in [-0.3, -0.25) is 0 Å². The summed E-state index contributed by atoms with van der Waals surface area (Å²) in [5, 5.41) is 18.8. The molecule has 0 aromatic heterocycles.